The van der Waals surface area contributed by atoms with E-state index >= 15 is 0 Å². The topological polar surface area (TPSA) is 80.4 Å². The normalized spacial score (nSPS) is 34.1. The van der Waals surface area contributed by atoms with Crippen molar-refractivity contribution >= 4 is 50.8 Å². The van der Waals surface area contributed by atoms with E-state index in [1.54, 1.807) is 0 Å². The molecule has 0 amide bonds. The van der Waals surface area contributed by atoms with Crippen LogP contribution in [0.15, 0.2) is 63.0 Å². The van der Waals surface area contributed by atoms with E-state index in [2.05, 4.69) is 104 Å². The second kappa shape index (κ2) is 13.1. The molecule has 1 N–H and O–H groups in total. The predicted octanol–water partition coefficient (Wildman–Crippen LogP) is 8.13. The molecule has 3 aliphatic rings. The molecular weight excluding hydrogens is 680 g/mol. The molecule has 2 bridgehead atoms. The summed E-state index contributed by atoms with van der Waals surface area (Å²) >= 11 is 6.43. The van der Waals surface area contributed by atoms with E-state index < -0.39 is 23.0 Å². The van der Waals surface area contributed by atoms with Gasteiger partial charge in [0.1, 0.15) is 11.9 Å². The van der Waals surface area contributed by atoms with E-state index in [4.69, 9.17) is 9.72 Å². The number of Topliss-reactive ketones (excluding diaryl/α,β-unsaturated/α-hetero) is 1. The number of hydrogen-bond donors (Lipinski definition) is 1. The molecule has 0 aliphatic heterocycles. The molecule has 0 radical (unpaired) electrons. The molecule has 3 aliphatic carbocycles. The third-order valence-corrected chi connectivity index (χ3v) is 14.8. The van der Waals surface area contributed by atoms with Crippen LogP contribution in [-0.4, -0.2) is 39.8 Å². The molecule has 2 aromatic heterocycles. The van der Waals surface area contributed by atoms with Crippen molar-refractivity contribution in [3.63, 3.8) is 0 Å². The minimum atomic E-state index is -0.554. The molecule has 6 nitrogen and oxygen atoms in total. The Labute approximate surface area is 289 Å². The van der Waals surface area contributed by atoms with Gasteiger partial charge in [-0.15, -0.1) is 11.3 Å². The lowest BCUT2D eigenvalue weighted by Gasteiger charge is -2.62. The Balaban J connectivity index is 1.15. The number of halogens is 1. The average molecular weight is 727 g/mol. The maximum atomic E-state index is 13.7. The first-order valence-corrected chi connectivity index (χ1v) is 19.3. The zero-order valence-corrected chi connectivity index (χ0v) is 30.7. The monoisotopic (exact) mass is 725 g/mol. The minimum Gasteiger partial charge on any atom is -0.461 e. The molecule has 0 saturated heterocycles. The Morgan fingerprint density at radius 2 is 1.87 bits per heavy atom. The summed E-state index contributed by atoms with van der Waals surface area (Å²) in [6.45, 7) is 11.7. The maximum absolute atomic E-state index is 13.7. The molecule has 3 fully saturated rings. The van der Waals surface area contributed by atoms with Crippen LogP contribution in [0.5, 0.6) is 0 Å². The van der Waals surface area contributed by atoms with Gasteiger partial charge in [0.05, 0.1) is 17.6 Å². The van der Waals surface area contributed by atoms with Gasteiger partial charge in [-0.3, -0.25) is 9.59 Å². The van der Waals surface area contributed by atoms with Gasteiger partial charge in [-0.25, -0.2) is 9.55 Å². The van der Waals surface area contributed by atoms with Gasteiger partial charge in [-0.1, -0.05) is 74.4 Å². The number of aromatic nitrogens is 2. The van der Waals surface area contributed by atoms with Gasteiger partial charge in [0, 0.05) is 50.9 Å². The summed E-state index contributed by atoms with van der Waals surface area (Å²) < 4.78 is 10.5. The van der Waals surface area contributed by atoms with Crippen LogP contribution in [0.4, 0.5) is 0 Å². The van der Waals surface area contributed by atoms with Crippen molar-refractivity contribution in [2.75, 3.05) is 5.75 Å². The van der Waals surface area contributed by atoms with Crippen LogP contribution >= 0.6 is 39.0 Å². The van der Waals surface area contributed by atoms with Gasteiger partial charge in [0.15, 0.2) is 23.3 Å². The van der Waals surface area contributed by atoms with Crippen LogP contribution in [0.1, 0.15) is 78.7 Å². The highest BCUT2D eigenvalue weighted by Gasteiger charge is 2.68. The standard InChI is InChI=1S/C37H46BrN2O4S2/c1-6-35(4)19-30(36(5)23(2)11-15-37(24(3)33(35)43)16-12-29(41)32(36)37)44-31(42)22-46-34-39-28(21-45-34)26-13-17-40(18-14-26)20-25-7-9-27(38)10-8-25/h7-10,13-14,17-18,21,23-24,30,32-33,43H,6,11-12,15-16,19-20,22H2,1-5H3/q+1/t23-,24+,30-,32+,33+,35-,36+,37+/m1/s1. The fourth-order valence-electron chi connectivity index (χ4n) is 9.01. The molecule has 246 valence electrons. The summed E-state index contributed by atoms with van der Waals surface area (Å²) in [7, 11) is 0. The van der Waals surface area contributed by atoms with Gasteiger partial charge >= 0.3 is 5.97 Å². The zero-order chi connectivity index (χ0) is 32.9. The van der Waals surface area contributed by atoms with E-state index in [0.29, 0.717) is 18.6 Å². The number of thioether (sulfide) groups is 1. The molecular formula is C37H46BrN2O4S2+. The number of thiazole rings is 1. The molecule has 3 saturated carbocycles. The predicted molar refractivity (Wildman–Crippen MR) is 186 cm³/mol. The number of rotatable bonds is 8. The van der Waals surface area contributed by atoms with E-state index in [-0.39, 0.29) is 34.9 Å². The van der Waals surface area contributed by atoms with Gasteiger partial charge in [0.25, 0.3) is 0 Å². The number of aliphatic hydroxyl groups is 1. The van der Waals surface area contributed by atoms with Crippen LogP contribution in [0.3, 0.4) is 0 Å². The third kappa shape index (κ3) is 6.03. The van der Waals surface area contributed by atoms with Crippen LogP contribution in [-0.2, 0) is 20.9 Å². The molecule has 46 heavy (non-hydrogen) atoms. The number of esters is 1. The number of carbonyl (C=O) groups excluding carboxylic acids is 2. The summed E-state index contributed by atoms with van der Waals surface area (Å²) in [6.07, 6.45) is 7.80. The third-order valence-electron chi connectivity index (χ3n) is 12.2. The summed E-state index contributed by atoms with van der Waals surface area (Å²) in [5.74, 6) is 0.231. The smallest absolute Gasteiger partial charge is 0.316 e. The van der Waals surface area contributed by atoms with Crippen LogP contribution < -0.4 is 4.57 Å². The summed E-state index contributed by atoms with van der Waals surface area (Å²) in [6, 6.07) is 12.5. The highest BCUT2D eigenvalue weighted by atomic mass is 79.9. The Kier molecular flexibility index (Phi) is 9.62. The molecule has 9 heteroatoms. The number of aliphatic hydroxyl groups excluding tert-OH is 1. The number of ether oxygens (including phenoxy) is 1. The van der Waals surface area contributed by atoms with Gasteiger partial charge in [-0.05, 0) is 66.9 Å². The highest BCUT2D eigenvalue weighted by Crippen LogP contribution is 2.68. The van der Waals surface area contributed by atoms with Crippen molar-refractivity contribution in [1.82, 2.24) is 4.98 Å². The summed E-state index contributed by atoms with van der Waals surface area (Å²) in [4.78, 5) is 32.0. The van der Waals surface area contributed by atoms with Gasteiger partial charge < -0.3 is 9.84 Å². The SMILES string of the molecule is CC[C@]1(C)C[C@@H](OC(=O)CSc2nc(-c3cc[n+](Cc4ccc(Br)cc4)cc3)cs2)[C@]2(C)[C@H](C)CC[C@]3(CCC(=O)[C@H]32)[C@@H](C)[C@@H]1O. The summed E-state index contributed by atoms with van der Waals surface area (Å²) in [5.41, 5.74) is 2.04. The first-order chi connectivity index (χ1) is 21.9. The fourth-order valence-corrected chi connectivity index (χ4v) is 10.9. The average Bonchev–Trinajstić information content (AvgIpc) is 3.67. The fraction of sp³-hybridized carbons (Fsp3) is 0.568. The van der Waals surface area contributed by atoms with Gasteiger partial charge in [0.2, 0.25) is 0 Å². The van der Waals surface area contributed by atoms with Crippen LogP contribution in [0, 0.1) is 34.0 Å². The lowest BCUT2D eigenvalue weighted by molar-refractivity contribution is -0.688. The number of pyridine rings is 1. The first-order valence-electron chi connectivity index (χ1n) is 16.6. The van der Waals surface area contributed by atoms with Crippen molar-refractivity contribution in [3.8, 4) is 11.3 Å². The second-order valence-corrected chi connectivity index (χ2v) is 17.5. The van der Waals surface area contributed by atoms with Crippen molar-refractivity contribution in [2.45, 2.75) is 96.2 Å². The molecule has 0 spiro atoms. The van der Waals surface area contributed by atoms with Gasteiger partial charge in [-0.2, -0.15) is 0 Å². The lowest BCUT2D eigenvalue weighted by atomic mass is 9.43. The van der Waals surface area contributed by atoms with E-state index in [1.165, 1.54) is 28.7 Å². The Hall–Kier alpha value is -2.07. The quantitative estimate of drug-likeness (QED) is 0.144. The molecule has 6 rings (SSSR count). The van der Waals surface area contributed by atoms with Crippen molar-refractivity contribution in [1.29, 1.82) is 0 Å². The molecule has 1 aromatic carbocycles. The van der Waals surface area contributed by atoms with Crippen molar-refractivity contribution in [2.24, 2.45) is 34.0 Å². The number of hydrogen-bond acceptors (Lipinski definition) is 7. The van der Waals surface area contributed by atoms with E-state index in [1.807, 2.05) is 5.38 Å². The van der Waals surface area contributed by atoms with E-state index in [0.717, 1.165) is 52.3 Å². The van der Waals surface area contributed by atoms with E-state index in [9.17, 15) is 14.7 Å². The molecule has 8 atom stereocenters. The zero-order valence-electron chi connectivity index (χ0n) is 27.5. The largest absolute Gasteiger partial charge is 0.461 e. The molecule has 0 unspecified atom stereocenters. The number of carbonyl (C=O) groups is 2. The minimum absolute atomic E-state index is 0.0216. The number of benzene rings is 1. The lowest BCUT2D eigenvalue weighted by Crippen LogP contribution is -2.63. The van der Waals surface area contributed by atoms with Crippen molar-refractivity contribution in [3.05, 3.63) is 64.2 Å². The van der Waals surface area contributed by atoms with Crippen LogP contribution in [0.2, 0.25) is 0 Å². The molecule has 2 heterocycles. The second-order valence-electron chi connectivity index (χ2n) is 14.5. The van der Waals surface area contributed by atoms with Crippen molar-refractivity contribution < 1.29 is 24.0 Å². The maximum Gasteiger partial charge on any atom is 0.316 e. The Bertz CT molecular complexity index is 1580. The highest BCUT2D eigenvalue weighted by molar-refractivity contribution is 9.10. The Morgan fingerprint density at radius 1 is 1.15 bits per heavy atom. The summed E-state index contributed by atoms with van der Waals surface area (Å²) in [5, 5.41) is 13.8. The number of nitrogens with zero attached hydrogens (tertiary/aromatic N) is 2. The first kappa shape index (κ1) is 33.8. The Morgan fingerprint density at radius 3 is 2.57 bits per heavy atom. The molecule has 3 aromatic rings. The van der Waals surface area contributed by atoms with Crippen LogP contribution in [0.25, 0.3) is 11.3 Å². The number of ketones is 1.